The third kappa shape index (κ3) is 3.79. The fourth-order valence-corrected chi connectivity index (χ4v) is 3.37. The zero-order valence-corrected chi connectivity index (χ0v) is 15.0. The lowest BCUT2D eigenvalue weighted by Gasteiger charge is -2.37. The van der Waals surface area contributed by atoms with Gasteiger partial charge in [-0.2, -0.15) is 0 Å². The van der Waals surface area contributed by atoms with Crippen LogP contribution in [-0.4, -0.2) is 47.8 Å². The number of amides is 2. The highest BCUT2D eigenvalue weighted by molar-refractivity contribution is 5.91. The van der Waals surface area contributed by atoms with E-state index in [0.29, 0.717) is 31.9 Å². The number of benzene rings is 1. The molecule has 2 aromatic rings. The lowest BCUT2D eigenvalue weighted by molar-refractivity contribution is -0.135. The first-order chi connectivity index (χ1) is 12.5. The van der Waals surface area contributed by atoms with Crippen LogP contribution >= 0.6 is 0 Å². The molecule has 0 aliphatic carbocycles. The van der Waals surface area contributed by atoms with Crippen LogP contribution < -0.4 is 0 Å². The summed E-state index contributed by atoms with van der Waals surface area (Å²) in [6.45, 7) is 5.88. The van der Waals surface area contributed by atoms with Gasteiger partial charge < -0.3 is 14.2 Å². The summed E-state index contributed by atoms with van der Waals surface area (Å²) in [6, 6.07) is 9.45. The summed E-state index contributed by atoms with van der Waals surface area (Å²) < 4.78 is 18.4. The molecule has 1 aliphatic heterocycles. The molecule has 1 fully saturated rings. The number of hydrogen-bond donors (Lipinski definition) is 0. The summed E-state index contributed by atoms with van der Waals surface area (Å²) in [7, 11) is 0. The van der Waals surface area contributed by atoms with E-state index in [0.717, 1.165) is 5.56 Å². The highest BCUT2D eigenvalue weighted by Crippen LogP contribution is 2.27. The molecule has 1 aromatic carbocycles. The number of nitrogens with zero attached hydrogens (tertiary/aromatic N) is 2. The van der Waals surface area contributed by atoms with Gasteiger partial charge in [0.05, 0.1) is 12.2 Å². The van der Waals surface area contributed by atoms with Crippen LogP contribution in [0, 0.1) is 11.7 Å². The summed E-state index contributed by atoms with van der Waals surface area (Å²) in [6.07, 6.45) is 1.48. The molecule has 0 spiro atoms. The smallest absolute Gasteiger partial charge is 0.289 e. The molecule has 1 unspecified atom stereocenters. The van der Waals surface area contributed by atoms with Crippen LogP contribution in [0.15, 0.2) is 47.1 Å². The zero-order chi connectivity index (χ0) is 18.7. The molecular weight excluding hydrogens is 335 g/mol. The van der Waals surface area contributed by atoms with Crippen molar-refractivity contribution in [3.05, 3.63) is 59.8 Å². The Morgan fingerprint density at radius 2 is 1.62 bits per heavy atom. The fourth-order valence-electron chi connectivity index (χ4n) is 3.37. The minimum atomic E-state index is -0.317. The Morgan fingerprint density at radius 1 is 1.00 bits per heavy atom. The maximum absolute atomic E-state index is 13.2. The molecule has 2 amide bonds. The van der Waals surface area contributed by atoms with Crippen LogP contribution in [0.1, 0.15) is 35.9 Å². The van der Waals surface area contributed by atoms with Crippen molar-refractivity contribution in [1.29, 1.82) is 0 Å². The average molecular weight is 358 g/mol. The molecule has 26 heavy (non-hydrogen) atoms. The second kappa shape index (κ2) is 7.72. The van der Waals surface area contributed by atoms with E-state index in [4.69, 9.17) is 4.42 Å². The number of rotatable bonds is 4. The van der Waals surface area contributed by atoms with Crippen LogP contribution in [0.2, 0.25) is 0 Å². The largest absolute Gasteiger partial charge is 0.459 e. The second-order valence-corrected chi connectivity index (χ2v) is 6.87. The van der Waals surface area contributed by atoms with Gasteiger partial charge in [0.2, 0.25) is 5.91 Å². The number of piperazine rings is 1. The third-order valence-corrected chi connectivity index (χ3v) is 4.77. The summed E-state index contributed by atoms with van der Waals surface area (Å²) in [5.41, 5.74) is 0.820. The Kier molecular flexibility index (Phi) is 5.40. The van der Waals surface area contributed by atoms with Gasteiger partial charge in [0, 0.05) is 26.2 Å². The molecule has 3 rings (SSSR count). The van der Waals surface area contributed by atoms with Gasteiger partial charge in [0.15, 0.2) is 5.76 Å². The van der Waals surface area contributed by atoms with Crippen LogP contribution in [0.3, 0.4) is 0 Å². The summed E-state index contributed by atoms with van der Waals surface area (Å²) >= 11 is 0. The van der Waals surface area contributed by atoms with Crippen molar-refractivity contribution in [3.8, 4) is 0 Å². The molecule has 1 atom stereocenters. The van der Waals surface area contributed by atoms with E-state index in [1.165, 1.54) is 18.4 Å². The maximum atomic E-state index is 13.2. The first-order valence-electron chi connectivity index (χ1n) is 8.84. The predicted molar refractivity (Wildman–Crippen MR) is 95.2 cm³/mol. The van der Waals surface area contributed by atoms with Gasteiger partial charge in [-0.15, -0.1) is 0 Å². The molecule has 0 radical (unpaired) electrons. The van der Waals surface area contributed by atoms with Crippen molar-refractivity contribution in [3.63, 3.8) is 0 Å². The molecule has 1 aromatic heterocycles. The van der Waals surface area contributed by atoms with Crippen molar-refractivity contribution >= 4 is 11.8 Å². The highest BCUT2D eigenvalue weighted by atomic mass is 19.1. The minimum absolute atomic E-state index is 0.0247. The second-order valence-electron chi connectivity index (χ2n) is 6.87. The topological polar surface area (TPSA) is 53.8 Å². The Balaban J connectivity index is 1.66. The number of carbonyl (C=O) groups is 2. The predicted octanol–water partition coefficient (Wildman–Crippen LogP) is 3.14. The van der Waals surface area contributed by atoms with Gasteiger partial charge in [-0.1, -0.05) is 26.0 Å². The molecule has 1 saturated heterocycles. The summed E-state index contributed by atoms with van der Waals surface area (Å²) in [5.74, 6) is -0.346. The molecule has 6 heteroatoms. The molecule has 5 nitrogen and oxygen atoms in total. The minimum Gasteiger partial charge on any atom is -0.459 e. The summed E-state index contributed by atoms with van der Waals surface area (Å²) in [4.78, 5) is 28.9. The van der Waals surface area contributed by atoms with Crippen LogP contribution in [0.4, 0.5) is 4.39 Å². The van der Waals surface area contributed by atoms with E-state index in [2.05, 4.69) is 0 Å². The first-order valence-corrected chi connectivity index (χ1v) is 8.84. The van der Waals surface area contributed by atoms with Crippen molar-refractivity contribution in [2.45, 2.75) is 19.8 Å². The third-order valence-electron chi connectivity index (χ3n) is 4.77. The van der Waals surface area contributed by atoms with Crippen molar-refractivity contribution in [2.75, 3.05) is 26.2 Å². The van der Waals surface area contributed by atoms with Gasteiger partial charge in [0.25, 0.3) is 5.91 Å². The number of hydrogen-bond acceptors (Lipinski definition) is 3. The molecule has 0 N–H and O–H groups in total. The van der Waals surface area contributed by atoms with E-state index >= 15 is 0 Å². The van der Waals surface area contributed by atoms with Gasteiger partial charge in [-0.25, -0.2) is 4.39 Å². The Bertz CT molecular complexity index is 748. The maximum Gasteiger partial charge on any atom is 0.289 e. The van der Waals surface area contributed by atoms with Gasteiger partial charge in [-0.3, -0.25) is 9.59 Å². The quantitative estimate of drug-likeness (QED) is 0.844. The highest BCUT2D eigenvalue weighted by Gasteiger charge is 2.32. The summed E-state index contributed by atoms with van der Waals surface area (Å²) in [5, 5.41) is 0. The normalized spacial score (nSPS) is 16.0. The Hall–Kier alpha value is -2.63. The van der Waals surface area contributed by atoms with E-state index in [1.54, 1.807) is 34.1 Å². The van der Waals surface area contributed by atoms with Gasteiger partial charge in [-0.05, 0) is 35.7 Å². The van der Waals surface area contributed by atoms with Crippen molar-refractivity contribution < 1.29 is 18.4 Å². The van der Waals surface area contributed by atoms with Gasteiger partial charge in [0.1, 0.15) is 5.82 Å². The first kappa shape index (κ1) is 18.2. The molecule has 138 valence electrons. The number of carbonyl (C=O) groups excluding carboxylic acids is 2. The molecular formula is C20H23FN2O3. The molecule has 1 aliphatic rings. The molecule has 2 heterocycles. The lowest BCUT2D eigenvalue weighted by Crippen LogP contribution is -2.52. The fraction of sp³-hybridized carbons (Fsp3) is 0.400. The van der Waals surface area contributed by atoms with Crippen LogP contribution in [0.25, 0.3) is 0 Å². The molecule has 0 bridgehead atoms. The van der Waals surface area contributed by atoms with Gasteiger partial charge >= 0.3 is 0 Å². The average Bonchev–Trinajstić information content (AvgIpc) is 3.17. The van der Waals surface area contributed by atoms with Crippen LogP contribution in [-0.2, 0) is 4.79 Å². The monoisotopic (exact) mass is 358 g/mol. The molecule has 0 saturated carbocycles. The Labute approximate surface area is 152 Å². The zero-order valence-electron chi connectivity index (χ0n) is 15.0. The van der Waals surface area contributed by atoms with Crippen molar-refractivity contribution in [2.24, 2.45) is 5.92 Å². The standard InChI is InChI=1S/C20H23FN2O3/c1-14(2)18(15-5-7-16(21)8-6-15)20(25)23-11-9-22(10-12-23)19(24)17-4-3-13-26-17/h3-8,13-14,18H,9-12H2,1-2H3. The van der Waals surface area contributed by atoms with E-state index in [-0.39, 0.29) is 29.5 Å². The Morgan fingerprint density at radius 3 is 2.15 bits per heavy atom. The van der Waals surface area contributed by atoms with Crippen LogP contribution in [0.5, 0.6) is 0 Å². The van der Waals surface area contributed by atoms with Crippen molar-refractivity contribution in [1.82, 2.24) is 9.80 Å². The lowest BCUT2D eigenvalue weighted by atomic mass is 9.87. The van der Waals surface area contributed by atoms with E-state index in [1.807, 2.05) is 13.8 Å². The van der Waals surface area contributed by atoms with E-state index in [9.17, 15) is 14.0 Å². The SMILES string of the molecule is CC(C)C(C(=O)N1CCN(C(=O)c2ccco2)CC1)c1ccc(F)cc1. The van der Waals surface area contributed by atoms with E-state index < -0.39 is 0 Å². The number of halogens is 1. The number of furan rings is 1.